The molecule has 0 radical (unpaired) electrons. The number of carbonyl (C=O) groups excluding carboxylic acids is 3. The number of Topliss-reactive ketones (excluding diaryl/α,β-unsaturated/α-hetero) is 1. The van der Waals surface area contributed by atoms with Crippen LogP contribution in [0.4, 0.5) is 4.39 Å². The summed E-state index contributed by atoms with van der Waals surface area (Å²) in [5, 5.41) is 14.9. The molecular weight excluding hydrogens is 547 g/mol. The van der Waals surface area contributed by atoms with Gasteiger partial charge in [0.2, 0.25) is 11.8 Å². The third-order valence-corrected chi connectivity index (χ3v) is 8.85. The summed E-state index contributed by atoms with van der Waals surface area (Å²) >= 11 is 0. The molecule has 1 unspecified atom stereocenters. The molecule has 2 aliphatic carbocycles. The predicted octanol–water partition coefficient (Wildman–Crippen LogP) is 2.56. The Labute approximate surface area is 239 Å². The second kappa shape index (κ2) is 10.00. The molecule has 4 atom stereocenters. The van der Waals surface area contributed by atoms with Crippen LogP contribution < -0.4 is 10.5 Å². The van der Waals surface area contributed by atoms with Crippen LogP contribution in [0.5, 0.6) is 5.75 Å². The van der Waals surface area contributed by atoms with Gasteiger partial charge in [-0.25, -0.2) is 19.2 Å². The van der Waals surface area contributed by atoms with Crippen LogP contribution in [0, 0.1) is 11.3 Å². The van der Waals surface area contributed by atoms with E-state index >= 15 is 4.39 Å². The van der Waals surface area contributed by atoms with E-state index in [1.807, 2.05) is 0 Å². The lowest BCUT2D eigenvalue weighted by atomic mass is 9.68. The Hall–Kier alpha value is -4.68. The largest absolute Gasteiger partial charge is 0.486 e. The number of amides is 2. The molecule has 218 valence electrons. The van der Waals surface area contributed by atoms with Gasteiger partial charge in [0.05, 0.1) is 11.1 Å². The standard InChI is InChI=1S/C29H29FN6O6/c1-16(37)25-19-12-18(42-15-23-32-9-4-10-33-23)6-7-20(19)35(34-25)14-24(38)36-21(26(39)40)11-17-13-29(17,36)28(27(31)41)8-3-2-5-22(28)30/h4-7,9-10,12,17,21H,2-3,8,11,13-15H2,1H3,(H2,31,41)(H,39,40)/t17-,21-,28?,29-/m0/s1. The van der Waals surface area contributed by atoms with Crippen LogP contribution in [-0.2, 0) is 27.5 Å². The van der Waals surface area contributed by atoms with Gasteiger partial charge in [-0.2, -0.15) is 5.10 Å². The summed E-state index contributed by atoms with van der Waals surface area (Å²) < 4.78 is 22.7. The lowest BCUT2D eigenvalue weighted by Gasteiger charge is -2.45. The molecule has 3 heterocycles. The molecule has 0 bridgehead atoms. The summed E-state index contributed by atoms with van der Waals surface area (Å²) in [5.41, 5.74) is 3.21. The average molecular weight is 577 g/mol. The quantitative estimate of drug-likeness (QED) is 0.363. The van der Waals surface area contributed by atoms with Crippen LogP contribution in [0.3, 0.4) is 0 Å². The van der Waals surface area contributed by atoms with Crippen molar-refractivity contribution < 1.29 is 33.4 Å². The Morgan fingerprint density at radius 2 is 1.98 bits per heavy atom. The summed E-state index contributed by atoms with van der Waals surface area (Å²) in [4.78, 5) is 61.2. The number of hydrogen-bond acceptors (Lipinski definition) is 8. The second-order valence-corrected chi connectivity index (χ2v) is 11.1. The van der Waals surface area contributed by atoms with Crippen LogP contribution >= 0.6 is 0 Å². The maximum absolute atomic E-state index is 15.6. The third kappa shape index (κ3) is 4.05. The molecule has 1 aliphatic heterocycles. The minimum Gasteiger partial charge on any atom is -0.486 e. The van der Waals surface area contributed by atoms with Crippen LogP contribution in [0.1, 0.15) is 55.3 Å². The number of nitrogens with two attached hydrogens (primary N) is 1. The fourth-order valence-corrected chi connectivity index (χ4v) is 7.03. The lowest BCUT2D eigenvalue weighted by Crippen LogP contribution is -2.61. The first-order chi connectivity index (χ1) is 20.1. The van der Waals surface area contributed by atoms with Crippen molar-refractivity contribution in [3.05, 3.63) is 60.1 Å². The SMILES string of the molecule is CC(=O)c1nn(CC(=O)N2[C@H](C(=O)O)C[C@H]3C[C@@]32C2(C(N)=O)CCCC=C2F)c2ccc(OCc3ncccn3)cc12. The first kappa shape index (κ1) is 27.5. The van der Waals surface area contributed by atoms with E-state index in [1.54, 1.807) is 36.7 Å². The Bertz CT molecular complexity index is 1660. The Morgan fingerprint density at radius 3 is 2.64 bits per heavy atom. The first-order valence-electron chi connectivity index (χ1n) is 13.7. The van der Waals surface area contributed by atoms with Gasteiger partial charge in [0.25, 0.3) is 0 Å². The van der Waals surface area contributed by atoms with Gasteiger partial charge in [0.1, 0.15) is 41.9 Å². The number of piperidine rings is 1. The number of hydrogen-bond donors (Lipinski definition) is 2. The van der Waals surface area contributed by atoms with Crippen molar-refractivity contribution in [3.63, 3.8) is 0 Å². The number of benzene rings is 1. The molecule has 1 aromatic carbocycles. The highest BCUT2D eigenvalue weighted by Crippen LogP contribution is 2.70. The molecule has 2 amide bonds. The minimum atomic E-state index is -1.79. The molecule has 6 rings (SSSR count). The van der Waals surface area contributed by atoms with Crippen LogP contribution in [-0.4, -0.2) is 64.9 Å². The zero-order chi connectivity index (χ0) is 29.8. The molecule has 42 heavy (non-hydrogen) atoms. The van der Waals surface area contributed by atoms with E-state index in [0.717, 1.165) is 0 Å². The Balaban J connectivity index is 1.35. The molecule has 3 N–H and O–H groups in total. The highest BCUT2D eigenvalue weighted by atomic mass is 19.1. The van der Waals surface area contributed by atoms with Crippen LogP contribution in [0.2, 0.25) is 0 Å². The average Bonchev–Trinajstić information content (AvgIpc) is 3.41. The maximum atomic E-state index is 15.6. The molecule has 2 aromatic heterocycles. The van der Waals surface area contributed by atoms with Gasteiger partial charge in [-0.1, -0.05) is 6.08 Å². The topological polar surface area (TPSA) is 171 Å². The number of aromatic nitrogens is 4. The van der Waals surface area contributed by atoms with E-state index in [0.29, 0.717) is 35.3 Å². The molecule has 3 aliphatic rings. The number of halogens is 1. The van der Waals surface area contributed by atoms with E-state index in [1.165, 1.54) is 22.6 Å². The van der Waals surface area contributed by atoms with Crippen molar-refractivity contribution in [1.82, 2.24) is 24.6 Å². The van der Waals surface area contributed by atoms with Gasteiger partial charge < -0.3 is 20.5 Å². The van der Waals surface area contributed by atoms with Crippen molar-refractivity contribution in [2.45, 2.75) is 63.8 Å². The lowest BCUT2D eigenvalue weighted by molar-refractivity contribution is -0.156. The zero-order valence-electron chi connectivity index (χ0n) is 22.8. The van der Waals surface area contributed by atoms with Crippen molar-refractivity contribution in [2.75, 3.05) is 0 Å². The van der Waals surface area contributed by atoms with E-state index in [-0.39, 0.29) is 43.3 Å². The number of likely N-dealkylation sites (tertiary alicyclic amines) is 1. The van der Waals surface area contributed by atoms with E-state index < -0.39 is 47.2 Å². The summed E-state index contributed by atoms with van der Waals surface area (Å²) in [6, 6.07) is 5.35. The molecule has 1 saturated heterocycles. The number of ketones is 1. The van der Waals surface area contributed by atoms with Gasteiger partial charge in [0.15, 0.2) is 11.6 Å². The van der Waals surface area contributed by atoms with Gasteiger partial charge in [-0.05, 0) is 62.3 Å². The molecular formula is C29H29FN6O6. The minimum absolute atomic E-state index is 0.0905. The van der Waals surface area contributed by atoms with Gasteiger partial charge in [0, 0.05) is 24.7 Å². The Morgan fingerprint density at radius 1 is 1.21 bits per heavy atom. The molecule has 13 heteroatoms. The number of fused-ring (bicyclic) bond motifs is 2. The van der Waals surface area contributed by atoms with E-state index in [4.69, 9.17) is 10.5 Å². The second-order valence-electron chi connectivity index (χ2n) is 11.1. The number of rotatable bonds is 9. The van der Waals surface area contributed by atoms with Crippen LogP contribution in [0.15, 0.2) is 48.6 Å². The summed E-state index contributed by atoms with van der Waals surface area (Å²) in [7, 11) is 0. The monoisotopic (exact) mass is 576 g/mol. The van der Waals surface area contributed by atoms with Crippen molar-refractivity contribution >= 4 is 34.5 Å². The normalized spacial score (nSPS) is 26.4. The summed E-state index contributed by atoms with van der Waals surface area (Å²) in [6.45, 7) is 1.01. The molecule has 12 nitrogen and oxygen atoms in total. The van der Waals surface area contributed by atoms with E-state index in [9.17, 15) is 24.3 Å². The first-order valence-corrected chi connectivity index (χ1v) is 13.7. The molecule has 3 aromatic rings. The number of primary amides is 1. The molecule has 1 saturated carbocycles. The summed E-state index contributed by atoms with van der Waals surface area (Å²) in [5.74, 6) is -3.34. The van der Waals surface area contributed by atoms with Crippen molar-refractivity contribution in [2.24, 2.45) is 17.1 Å². The zero-order valence-corrected chi connectivity index (χ0v) is 22.8. The van der Waals surface area contributed by atoms with Crippen LogP contribution in [0.25, 0.3) is 10.9 Å². The smallest absolute Gasteiger partial charge is 0.326 e. The predicted molar refractivity (Wildman–Crippen MR) is 144 cm³/mol. The van der Waals surface area contributed by atoms with Gasteiger partial charge >= 0.3 is 5.97 Å². The molecule has 2 fully saturated rings. The van der Waals surface area contributed by atoms with Gasteiger partial charge in [-0.3, -0.25) is 19.1 Å². The van der Waals surface area contributed by atoms with Crippen molar-refractivity contribution in [1.29, 1.82) is 0 Å². The van der Waals surface area contributed by atoms with Gasteiger partial charge in [-0.15, -0.1) is 0 Å². The highest BCUT2D eigenvalue weighted by molar-refractivity contribution is 6.05. The van der Waals surface area contributed by atoms with E-state index in [2.05, 4.69) is 15.1 Å². The van der Waals surface area contributed by atoms with Crippen molar-refractivity contribution in [3.8, 4) is 5.75 Å². The number of carboxylic acids is 1. The fraction of sp³-hybridized carbons (Fsp3) is 0.414. The number of ether oxygens (including phenoxy) is 1. The maximum Gasteiger partial charge on any atom is 0.326 e. The highest BCUT2D eigenvalue weighted by Gasteiger charge is 2.79. The number of carboxylic acid groups (broad SMARTS) is 1. The number of nitrogens with zero attached hydrogens (tertiary/aromatic N) is 5. The third-order valence-electron chi connectivity index (χ3n) is 8.85. The number of carbonyl (C=O) groups is 4. The molecule has 0 spiro atoms. The number of aliphatic carboxylic acids is 1. The fourth-order valence-electron chi connectivity index (χ4n) is 7.03. The number of allylic oxidation sites excluding steroid dienone is 1. The Kier molecular flexibility index (Phi) is 6.54. The summed E-state index contributed by atoms with van der Waals surface area (Å²) in [6.07, 6.45) is 5.87.